The number of hydrogen-bond donors (Lipinski definition) is 1. The van der Waals surface area contributed by atoms with Crippen LogP contribution in [-0.4, -0.2) is 49.2 Å². The molecule has 0 saturated carbocycles. The minimum atomic E-state index is -0.674. The summed E-state index contributed by atoms with van der Waals surface area (Å²) in [5.74, 6) is 0.131. The summed E-state index contributed by atoms with van der Waals surface area (Å²) < 4.78 is 28.8. The second-order valence-corrected chi connectivity index (χ2v) is 6.30. The molecule has 6 heteroatoms. The van der Waals surface area contributed by atoms with Crippen molar-refractivity contribution in [3.05, 3.63) is 42.0 Å². The molecule has 2 heterocycles. The van der Waals surface area contributed by atoms with E-state index < -0.39 is 12.1 Å². The topological polar surface area (TPSA) is 66.4 Å². The van der Waals surface area contributed by atoms with Crippen molar-refractivity contribution in [2.24, 2.45) is 0 Å². The maximum Gasteiger partial charge on any atom is 0.187 e. The lowest BCUT2D eigenvalue weighted by Crippen LogP contribution is -2.31. The van der Waals surface area contributed by atoms with Gasteiger partial charge in [-0.25, -0.2) is 0 Å². The van der Waals surface area contributed by atoms with Crippen molar-refractivity contribution in [1.82, 2.24) is 0 Å². The Morgan fingerprint density at radius 1 is 1.17 bits per heavy atom. The van der Waals surface area contributed by atoms with Crippen molar-refractivity contribution < 1.29 is 28.8 Å². The number of benzene rings is 1. The number of aliphatic hydroxyl groups excluding tert-OH is 1. The van der Waals surface area contributed by atoms with Gasteiger partial charge in [-0.05, 0) is 31.5 Å². The molecular formula is C18H24O6. The van der Waals surface area contributed by atoms with Crippen LogP contribution in [0.1, 0.15) is 19.4 Å². The van der Waals surface area contributed by atoms with Crippen LogP contribution in [-0.2, 0) is 25.6 Å². The van der Waals surface area contributed by atoms with Gasteiger partial charge in [0.25, 0.3) is 0 Å². The van der Waals surface area contributed by atoms with Gasteiger partial charge < -0.3 is 28.8 Å². The van der Waals surface area contributed by atoms with Gasteiger partial charge in [0.1, 0.15) is 24.1 Å². The zero-order chi connectivity index (χ0) is 17.2. The molecule has 2 aliphatic rings. The van der Waals surface area contributed by atoms with Crippen LogP contribution in [0.5, 0.6) is 5.75 Å². The predicted octanol–water partition coefficient (Wildman–Crippen LogP) is 2.01. The van der Waals surface area contributed by atoms with E-state index in [0.717, 1.165) is 11.3 Å². The normalized spacial score (nSPS) is 31.5. The van der Waals surface area contributed by atoms with Gasteiger partial charge >= 0.3 is 0 Å². The molecule has 2 fully saturated rings. The summed E-state index contributed by atoms with van der Waals surface area (Å²) in [5.41, 5.74) is 1.02. The zero-order valence-electron chi connectivity index (χ0n) is 14.2. The molecule has 0 radical (unpaired) electrons. The Labute approximate surface area is 141 Å². The molecule has 0 spiro atoms. The van der Waals surface area contributed by atoms with Crippen LogP contribution < -0.4 is 4.74 Å². The van der Waals surface area contributed by atoms with Crippen LogP contribution in [0.15, 0.2) is 36.4 Å². The number of fused-ring (bicyclic) bond motifs is 1. The average Bonchev–Trinajstić information content (AvgIpc) is 3.05. The first kappa shape index (κ1) is 17.4. The Balaban J connectivity index is 1.64. The second-order valence-electron chi connectivity index (χ2n) is 6.30. The smallest absolute Gasteiger partial charge is 0.187 e. The third kappa shape index (κ3) is 3.79. The van der Waals surface area contributed by atoms with Crippen molar-refractivity contribution >= 4 is 0 Å². The molecule has 0 aromatic heterocycles. The molecule has 0 bridgehead atoms. The molecule has 1 aromatic rings. The Morgan fingerprint density at radius 3 is 2.54 bits per heavy atom. The first-order valence-corrected chi connectivity index (χ1v) is 8.05. The van der Waals surface area contributed by atoms with Crippen LogP contribution in [0.3, 0.4) is 0 Å². The second kappa shape index (κ2) is 7.21. The van der Waals surface area contributed by atoms with Gasteiger partial charge in [0.05, 0.1) is 20.3 Å². The van der Waals surface area contributed by atoms with Crippen LogP contribution in [0.4, 0.5) is 0 Å². The lowest BCUT2D eigenvalue weighted by molar-refractivity contribution is -0.231. The molecule has 24 heavy (non-hydrogen) atoms. The van der Waals surface area contributed by atoms with E-state index in [0.29, 0.717) is 6.61 Å². The molecule has 1 unspecified atom stereocenters. The quantitative estimate of drug-likeness (QED) is 0.802. The molecule has 0 amide bonds. The molecule has 6 nitrogen and oxygen atoms in total. The van der Waals surface area contributed by atoms with Crippen molar-refractivity contribution in [2.45, 2.75) is 50.8 Å². The highest BCUT2D eigenvalue weighted by molar-refractivity contribution is 5.26. The van der Waals surface area contributed by atoms with E-state index in [4.69, 9.17) is 28.8 Å². The van der Waals surface area contributed by atoms with E-state index in [2.05, 4.69) is 0 Å². The fourth-order valence-electron chi connectivity index (χ4n) is 2.98. The zero-order valence-corrected chi connectivity index (χ0v) is 14.2. The lowest BCUT2D eigenvalue weighted by Gasteiger charge is -2.23. The van der Waals surface area contributed by atoms with Gasteiger partial charge in [0, 0.05) is 0 Å². The summed E-state index contributed by atoms with van der Waals surface area (Å²) in [7, 11) is 1.64. The third-order valence-corrected chi connectivity index (χ3v) is 4.05. The standard InChI is InChI=1S/C18H24O6/c1-18(2)23-15-14(5-4-10-19)22-17(16(15)24-18)21-11-12-6-8-13(20-3)9-7-12/h4-9,14-17,19H,10-11H2,1-3H3/b5-4-/t14-,15-,16?,17+/m1/s1. The van der Waals surface area contributed by atoms with Gasteiger partial charge in [-0.3, -0.25) is 0 Å². The summed E-state index contributed by atoms with van der Waals surface area (Å²) in [6.07, 6.45) is 2.06. The molecule has 1 N–H and O–H groups in total. The first-order chi connectivity index (χ1) is 11.5. The van der Waals surface area contributed by atoms with Gasteiger partial charge in [0.15, 0.2) is 12.1 Å². The highest BCUT2D eigenvalue weighted by atomic mass is 16.8. The maximum atomic E-state index is 8.97. The van der Waals surface area contributed by atoms with Gasteiger partial charge in [-0.15, -0.1) is 0 Å². The molecule has 2 saturated heterocycles. The minimum absolute atomic E-state index is 0.0428. The molecular weight excluding hydrogens is 312 g/mol. The highest BCUT2D eigenvalue weighted by Crippen LogP contribution is 2.39. The van der Waals surface area contributed by atoms with Crippen molar-refractivity contribution in [3.8, 4) is 5.75 Å². The summed E-state index contributed by atoms with van der Waals surface area (Å²) in [6.45, 7) is 4.11. The highest BCUT2D eigenvalue weighted by Gasteiger charge is 2.55. The summed E-state index contributed by atoms with van der Waals surface area (Å²) in [5, 5.41) is 8.97. The Bertz CT molecular complexity index is 567. The number of rotatable bonds is 6. The fraction of sp³-hybridized carbons (Fsp3) is 0.556. The fourth-order valence-corrected chi connectivity index (χ4v) is 2.98. The maximum absolute atomic E-state index is 8.97. The van der Waals surface area contributed by atoms with Crippen LogP contribution in [0.2, 0.25) is 0 Å². The van der Waals surface area contributed by atoms with Gasteiger partial charge in [0.2, 0.25) is 0 Å². The average molecular weight is 336 g/mol. The van der Waals surface area contributed by atoms with Crippen LogP contribution >= 0.6 is 0 Å². The molecule has 4 atom stereocenters. The Kier molecular flexibility index (Phi) is 5.22. The molecule has 0 aliphatic carbocycles. The van der Waals surface area contributed by atoms with Gasteiger partial charge in [-0.2, -0.15) is 0 Å². The van der Waals surface area contributed by atoms with E-state index in [1.165, 1.54) is 0 Å². The number of hydrogen-bond acceptors (Lipinski definition) is 6. The number of aliphatic hydroxyl groups is 1. The molecule has 1 aromatic carbocycles. The van der Waals surface area contributed by atoms with Gasteiger partial charge in [-0.1, -0.05) is 24.3 Å². The van der Waals surface area contributed by atoms with Crippen LogP contribution in [0.25, 0.3) is 0 Å². The van der Waals surface area contributed by atoms with E-state index in [1.807, 2.05) is 38.1 Å². The van der Waals surface area contributed by atoms with Crippen molar-refractivity contribution in [1.29, 1.82) is 0 Å². The SMILES string of the molecule is COc1ccc(CO[C@H]2O[C@H](/C=C\CO)[C@H]3OC(C)(C)OC23)cc1. The lowest BCUT2D eigenvalue weighted by atomic mass is 10.1. The largest absolute Gasteiger partial charge is 0.497 e. The molecule has 2 aliphatic heterocycles. The van der Waals surface area contributed by atoms with E-state index in [-0.39, 0.29) is 24.9 Å². The van der Waals surface area contributed by atoms with Crippen molar-refractivity contribution in [3.63, 3.8) is 0 Å². The number of methoxy groups -OCH3 is 1. The summed E-state index contributed by atoms with van der Waals surface area (Å²) in [6, 6.07) is 7.68. The summed E-state index contributed by atoms with van der Waals surface area (Å²) >= 11 is 0. The Hall–Kier alpha value is -1.44. The number of ether oxygens (including phenoxy) is 5. The van der Waals surface area contributed by atoms with Crippen molar-refractivity contribution in [2.75, 3.05) is 13.7 Å². The van der Waals surface area contributed by atoms with E-state index in [1.54, 1.807) is 19.3 Å². The third-order valence-electron chi connectivity index (χ3n) is 4.05. The monoisotopic (exact) mass is 336 g/mol. The first-order valence-electron chi connectivity index (χ1n) is 8.05. The minimum Gasteiger partial charge on any atom is -0.497 e. The predicted molar refractivity (Wildman–Crippen MR) is 86.5 cm³/mol. The Morgan fingerprint density at radius 2 is 1.88 bits per heavy atom. The van der Waals surface area contributed by atoms with Crippen LogP contribution in [0, 0.1) is 0 Å². The molecule has 3 rings (SSSR count). The van der Waals surface area contributed by atoms with E-state index >= 15 is 0 Å². The summed E-state index contributed by atoms with van der Waals surface area (Å²) in [4.78, 5) is 0. The molecule has 132 valence electrons. The van der Waals surface area contributed by atoms with E-state index in [9.17, 15) is 0 Å².